The zero-order valence-corrected chi connectivity index (χ0v) is 13.6. The van der Waals surface area contributed by atoms with Crippen molar-refractivity contribution in [2.75, 3.05) is 0 Å². The molecule has 1 N–H and O–H groups in total. The Balaban J connectivity index is 1.78. The molecule has 2 unspecified atom stereocenters. The molecule has 1 rings (SSSR count). The van der Waals surface area contributed by atoms with Crippen molar-refractivity contribution in [2.24, 2.45) is 0 Å². The molecule has 0 bridgehead atoms. The second-order valence-electron chi connectivity index (χ2n) is 6.67. The van der Waals surface area contributed by atoms with Crippen molar-refractivity contribution < 1.29 is 0 Å². The predicted octanol–water partition coefficient (Wildman–Crippen LogP) is 5.83. The fourth-order valence-corrected chi connectivity index (χ4v) is 3.35. The molecule has 0 aromatic carbocycles. The molecule has 1 aliphatic heterocycles. The van der Waals surface area contributed by atoms with Gasteiger partial charge in [-0.05, 0) is 26.2 Å². The van der Waals surface area contributed by atoms with Crippen LogP contribution < -0.4 is 5.32 Å². The molecule has 0 aliphatic carbocycles. The van der Waals surface area contributed by atoms with Crippen molar-refractivity contribution in [1.29, 1.82) is 0 Å². The molecule has 0 spiro atoms. The first-order chi connectivity index (χ1) is 9.33. The molecule has 0 aromatic rings. The molecule has 1 heterocycles. The van der Waals surface area contributed by atoms with Gasteiger partial charge in [-0.3, -0.25) is 0 Å². The zero-order chi connectivity index (χ0) is 13.8. The van der Waals surface area contributed by atoms with E-state index in [1.165, 1.54) is 89.9 Å². The Hall–Kier alpha value is -0.0400. The quantitative estimate of drug-likeness (QED) is 0.464. The van der Waals surface area contributed by atoms with Gasteiger partial charge in [-0.2, -0.15) is 0 Å². The predicted molar refractivity (Wildman–Crippen MR) is 86.7 cm³/mol. The number of nitrogens with one attached hydrogen (secondary N) is 1. The molecule has 1 saturated heterocycles. The second-order valence-corrected chi connectivity index (χ2v) is 6.67. The van der Waals surface area contributed by atoms with E-state index in [0.717, 1.165) is 12.1 Å². The first-order valence-electron chi connectivity index (χ1n) is 9.09. The Labute approximate surface area is 121 Å². The summed E-state index contributed by atoms with van der Waals surface area (Å²) in [7, 11) is 0. The average molecular weight is 268 g/mol. The first-order valence-corrected chi connectivity index (χ1v) is 9.09. The number of hydrogen-bond donors (Lipinski definition) is 1. The summed E-state index contributed by atoms with van der Waals surface area (Å²) < 4.78 is 0. The molecule has 1 nitrogen and oxygen atoms in total. The van der Waals surface area contributed by atoms with Crippen LogP contribution in [-0.2, 0) is 0 Å². The lowest BCUT2D eigenvalue weighted by atomic mass is 9.95. The van der Waals surface area contributed by atoms with Gasteiger partial charge in [0.1, 0.15) is 0 Å². The Bertz CT molecular complexity index is 190. The maximum Gasteiger partial charge on any atom is 0.00695 e. The van der Waals surface area contributed by atoms with Crippen LogP contribution in [0.15, 0.2) is 0 Å². The summed E-state index contributed by atoms with van der Waals surface area (Å²) in [5.74, 6) is 0. The van der Waals surface area contributed by atoms with E-state index in [9.17, 15) is 0 Å². The Kier molecular flexibility index (Phi) is 10.5. The smallest absolute Gasteiger partial charge is 0.00695 e. The van der Waals surface area contributed by atoms with Gasteiger partial charge in [0.15, 0.2) is 0 Å². The second kappa shape index (κ2) is 11.8. The lowest BCUT2D eigenvalue weighted by molar-refractivity contribution is 0.314. The van der Waals surface area contributed by atoms with E-state index in [1.54, 1.807) is 0 Å². The van der Waals surface area contributed by atoms with Crippen LogP contribution in [0.5, 0.6) is 0 Å². The van der Waals surface area contributed by atoms with Crippen molar-refractivity contribution in [2.45, 2.75) is 116 Å². The highest BCUT2D eigenvalue weighted by molar-refractivity contribution is 4.77. The fraction of sp³-hybridized carbons (Fsp3) is 1.00. The lowest BCUT2D eigenvalue weighted by Gasteiger charge is -2.28. The van der Waals surface area contributed by atoms with E-state index in [-0.39, 0.29) is 0 Å². The van der Waals surface area contributed by atoms with Gasteiger partial charge in [-0.25, -0.2) is 0 Å². The average Bonchev–Trinajstić information content (AvgIpc) is 2.41. The van der Waals surface area contributed by atoms with Crippen LogP contribution in [-0.4, -0.2) is 12.1 Å². The Morgan fingerprint density at radius 1 is 0.789 bits per heavy atom. The van der Waals surface area contributed by atoms with E-state index in [4.69, 9.17) is 0 Å². The van der Waals surface area contributed by atoms with Crippen molar-refractivity contribution in [1.82, 2.24) is 5.32 Å². The summed E-state index contributed by atoms with van der Waals surface area (Å²) in [5, 5.41) is 3.75. The van der Waals surface area contributed by atoms with Gasteiger partial charge in [0, 0.05) is 12.1 Å². The van der Waals surface area contributed by atoms with Gasteiger partial charge in [0.2, 0.25) is 0 Å². The van der Waals surface area contributed by atoms with Crippen LogP contribution >= 0.6 is 0 Å². The summed E-state index contributed by atoms with van der Waals surface area (Å²) in [6.45, 7) is 4.63. The van der Waals surface area contributed by atoms with E-state index in [2.05, 4.69) is 19.2 Å². The van der Waals surface area contributed by atoms with Gasteiger partial charge in [-0.15, -0.1) is 0 Å². The normalized spacial score (nSPS) is 23.7. The molecule has 19 heavy (non-hydrogen) atoms. The summed E-state index contributed by atoms with van der Waals surface area (Å²) in [6, 6.07) is 1.60. The van der Waals surface area contributed by atoms with Crippen LogP contribution in [0.3, 0.4) is 0 Å². The van der Waals surface area contributed by atoms with Crippen molar-refractivity contribution in [3.05, 3.63) is 0 Å². The van der Waals surface area contributed by atoms with E-state index >= 15 is 0 Å². The highest BCUT2D eigenvalue weighted by Gasteiger charge is 2.16. The van der Waals surface area contributed by atoms with Crippen molar-refractivity contribution in [3.63, 3.8) is 0 Å². The van der Waals surface area contributed by atoms with E-state index in [1.807, 2.05) is 0 Å². The standard InChI is InChI=1S/C18H37N/c1-3-4-5-6-7-8-9-10-11-12-15-18-16-13-14-17(2)19-18/h17-19H,3-16H2,1-2H3. The van der Waals surface area contributed by atoms with Gasteiger partial charge in [0.25, 0.3) is 0 Å². The summed E-state index contributed by atoms with van der Waals surface area (Å²) in [4.78, 5) is 0. The van der Waals surface area contributed by atoms with Gasteiger partial charge >= 0.3 is 0 Å². The third-order valence-corrected chi connectivity index (χ3v) is 4.62. The molecule has 0 aromatic heterocycles. The monoisotopic (exact) mass is 267 g/mol. The summed E-state index contributed by atoms with van der Waals surface area (Å²) in [6.07, 6.45) is 20.2. The fourth-order valence-electron chi connectivity index (χ4n) is 3.35. The maximum atomic E-state index is 3.75. The highest BCUT2D eigenvalue weighted by atomic mass is 15.0. The molecule has 2 atom stereocenters. The van der Waals surface area contributed by atoms with Gasteiger partial charge in [-0.1, -0.05) is 77.6 Å². The summed E-state index contributed by atoms with van der Waals surface area (Å²) in [5.41, 5.74) is 0. The Morgan fingerprint density at radius 2 is 1.37 bits per heavy atom. The Morgan fingerprint density at radius 3 is 1.95 bits per heavy atom. The third kappa shape index (κ3) is 9.49. The SMILES string of the molecule is CCCCCCCCCCCCC1CCCC(C)N1. The number of unbranched alkanes of at least 4 members (excludes halogenated alkanes) is 9. The molecule has 0 saturated carbocycles. The molecular formula is C18H37N. The van der Waals surface area contributed by atoms with Crippen LogP contribution in [0.4, 0.5) is 0 Å². The number of piperidine rings is 1. The molecule has 1 aliphatic rings. The molecular weight excluding hydrogens is 230 g/mol. The van der Waals surface area contributed by atoms with Crippen LogP contribution in [0.25, 0.3) is 0 Å². The van der Waals surface area contributed by atoms with Crippen LogP contribution in [0, 0.1) is 0 Å². The van der Waals surface area contributed by atoms with Gasteiger partial charge in [0.05, 0.1) is 0 Å². The minimum Gasteiger partial charge on any atom is -0.312 e. The maximum absolute atomic E-state index is 3.75. The first kappa shape index (κ1) is 17.0. The minimum atomic E-state index is 0.766. The van der Waals surface area contributed by atoms with E-state index in [0.29, 0.717) is 0 Å². The molecule has 0 radical (unpaired) electrons. The molecule has 1 heteroatoms. The summed E-state index contributed by atoms with van der Waals surface area (Å²) >= 11 is 0. The zero-order valence-electron chi connectivity index (χ0n) is 13.6. The third-order valence-electron chi connectivity index (χ3n) is 4.62. The molecule has 0 amide bonds. The highest BCUT2D eigenvalue weighted by Crippen LogP contribution is 2.18. The van der Waals surface area contributed by atoms with Crippen LogP contribution in [0.1, 0.15) is 104 Å². The van der Waals surface area contributed by atoms with Crippen LogP contribution in [0.2, 0.25) is 0 Å². The minimum absolute atomic E-state index is 0.766. The molecule has 114 valence electrons. The number of hydrogen-bond acceptors (Lipinski definition) is 1. The molecule has 1 fully saturated rings. The van der Waals surface area contributed by atoms with Crippen molar-refractivity contribution >= 4 is 0 Å². The van der Waals surface area contributed by atoms with Crippen molar-refractivity contribution in [3.8, 4) is 0 Å². The van der Waals surface area contributed by atoms with E-state index < -0.39 is 0 Å². The van der Waals surface area contributed by atoms with Gasteiger partial charge < -0.3 is 5.32 Å². The number of rotatable bonds is 11. The topological polar surface area (TPSA) is 12.0 Å². The largest absolute Gasteiger partial charge is 0.312 e. The lowest BCUT2D eigenvalue weighted by Crippen LogP contribution is -2.40.